The van der Waals surface area contributed by atoms with E-state index in [1.807, 2.05) is 12.1 Å². The van der Waals surface area contributed by atoms with Gasteiger partial charge >= 0.3 is 0 Å². The van der Waals surface area contributed by atoms with Gasteiger partial charge in [-0.1, -0.05) is 35.3 Å². The normalized spacial score (nSPS) is 10.6. The van der Waals surface area contributed by atoms with Gasteiger partial charge in [-0.05, 0) is 30.7 Å². The van der Waals surface area contributed by atoms with E-state index >= 15 is 0 Å². The maximum atomic E-state index is 13.0. The van der Waals surface area contributed by atoms with E-state index in [2.05, 4.69) is 6.07 Å². The molecule has 0 aliphatic carbocycles. The largest absolute Gasteiger partial charge is 0.443 e. The Bertz CT molecular complexity index is 1000. The predicted molar refractivity (Wildman–Crippen MR) is 99.7 cm³/mol. The van der Waals surface area contributed by atoms with Gasteiger partial charge in [-0.2, -0.15) is 5.26 Å². The summed E-state index contributed by atoms with van der Waals surface area (Å²) in [5, 5.41) is 10.4. The Morgan fingerprint density at radius 2 is 1.96 bits per heavy atom. The fraction of sp³-hybridized carbons (Fsp3) is 0.158. The van der Waals surface area contributed by atoms with Crippen molar-refractivity contribution in [3.8, 4) is 12.0 Å². The van der Waals surface area contributed by atoms with Gasteiger partial charge < -0.3 is 9.32 Å². The van der Waals surface area contributed by atoms with Gasteiger partial charge in [0.25, 0.3) is 5.91 Å². The van der Waals surface area contributed by atoms with Gasteiger partial charge in [0.15, 0.2) is 0 Å². The molecule has 0 bridgehead atoms. The van der Waals surface area contributed by atoms with Crippen LogP contribution in [0.15, 0.2) is 47.1 Å². The zero-order valence-electron chi connectivity index (χ0n) is 14.2. The molecule has 1 amide bonds. The molecule has 0 saturated heterocycles. The first-order valence-corrected chi connectivity index (χ1v) is 8.54. The van der Waals surface area contributed by atoms with Crippen LogP contribution in [0.5, 0.6) is 0 Å². The molecule has 0 aliphatic rings. The highest BCUT2D eigenvalue weighted by Gasteiger charge is 2.27. The summed E-state index contributed by atoms with van der Waals surface area (Å²) in [7, 11) is 1.64. The lowest BCUT2D eigenvalue weighted by Gasteiger charge is -2.18. The third-order valence-electron chi connectivity index (χ3n) is 4.02. The van der Waals surface area contributed by atoms with E-state index in [1.54, 1.807) is 49.1 Å². The van der Waals surface area contributed by atoms with E-state index in [1.165, 1.54) is 4.90 Å². The van der Waals surface area contributed by atoms with Crippen molar-refractivity contribution in [2.75, 3.05) is 7.05 Å². The molecule has 132 valence electrons. The van der Waals surface area contributed by atoms with Gasteiger partial charge in [0.1, 0.15) is 23.0 Å². The number of carbonyl (C=O) groups is 1. The van der Waals surface area contributed by atoms with Crippen molar-refractivity contribution in [1.82, 2.24) is 9.47 Å². The van der Waals surface area contributed by atoms with Gasteiger partial charge in [0, 0.05) is 26.0 Å². The summed E-state index contributed by atoms with van der Waals surface area (Å²) in [6.07, 6.45) is 3.51. The van der Waals surface area contributed by atoms with Crippen molar-refractivity contribution >= 4 is 29.1 Å². The van der Waals surface area contributed by atoms with Crippen LogP contribution in [0.3, 0.4) is 0 Å². The van der Waals surface area contributed by atoms with E-state index in [9.17, 15) is 10.1 Å². The van der Waals surface area contributed by atoms with E-state index in [-0.39, 0.29) is 23.6 Å². The van der Waals surface area contributed by atoms with Crippen LogP contribution in [-0.4, -0.2) is 22.4 Å². The zero-order valence-corrected chi connectivity index (χ0v) is 15.7. The minimum absolute atomic E-state index is 0.202. The van der Waals surface area contributed by atoms with Crippen LogP contribution in [0.4, 0.5) is 0 Å². The maximum absolute atomic E-state index is 13.0. The molecule has 0 saturated carbocycles. The molecule has 0 unspecified atom stereocenters. The number of aromatic nitrogens is 1. The molecule has 1 aromatic carbocycles. The molecule has 0 radical (unpaired) electrons. The van der Waals surface area contributed by atoms with Crippen LogP contribution in [0.1, 0.15) is 27.2 Å². The van der Waals surface area contributed by atoms with Gasteiger partial charge in [0.2, 0.25) is 5.88 Å². The zero-order chi connectivity index (χ0) is 18.8. The first-order chi connectivity index (χ1) is 12.4. The molecule has 0 atom stereocenters. The number of hydrogen-bond acceptors (Lipinski definition) is 3. The summed E-state index contributed by atoms with van der Waals surface area (Å²) < 4.78 is 7.35. The summed E-state index contributed by atoms with van der Waals surface area (Å²) in [5.41, 5.74) is 1.17. The lowest BCUT2D eigenvalue weighted by atomic mass is 10.1. The molecule has 26 heavy (non-hydrogen) atoms. The smallest absolute Gasteiger partial charge is 0.258 e. The van der Waals surface area contributed by atoms with Crippen molar-refractivity contribution < 1.29 is 9.21 Å². The fourth-order valence-electron chi connectivity index (χ4n) is 2.73. The van der Waals surface area contributed by atoms with Crippen LogP contribution < -0.4 is 0 Å². The molecule has 0 spiro atoms. The molecule has 3 aromatic rings. The Labute approximate surface area is 161 Å². The Morgan fingerprint density at radius 3 is 2.62 bits per heavy atom. The number of carbonyl (C=O) groups excluding carboxylic acids is 1. The topological polar surface area (TPSA) is 62.2 Å². The quantitative estimate of drug-likeness (QED) is 0.643. The highest BCUT2D eigenvalue weighted by Crippen LogP contribution is 2.29. The van der Waals surface area contributed by atoms with Crippen LogP contribution >= 0.6 is 23.2 Å². The summed E-state index contributed by atoms with van der Waals surface area (Å²) in [5.74, 6) is 0.393. The lowest BCUT2D eigenvalue weighted by Crippen LogP contribution is -2.27. The van der Waals surface area contributed by atoms with Crippen molar-refractivity contribution in [3.63, 3.8) is 0 Å². The van der Waals surface area contributed by atoms with Crippen LogP contribution in [0, 0.1) is 18.3 Å². The summed E-state index contributed by atoms with van der Waals surface area (Å²) in [6, 6.07) is 11.0. The Balaban J connectivity index is 1.95. The molecule has 0 fully saturated rings. The molecule has 7 heteroatoms. The third-order valence-corrected chi connectivity index (χ3v) is 4.87. The highest BCUT2D eigenvalue weighted by molar-refractivity contribution is 6.42. The third kappa shape index (κ3) is 3.22. The van der Waals surface area contributed by atoms with E-state index in [4.69, 9.17) is 27.6 Å². The number of furan rings is 1. The molecular weight excluding hydrogens is 373 g/mol. The maximum Gasteiger partial charge on any atom is 0.258 e. The van der Waals surface area contributed by atoms with Crippen molar-refractivity contribution in [2.45, 2.75) is 13.5 Å². The number of halogens is 2. The minimum atomic E-state index is -0.322. The minimum Gasteiger partial charge on any atom is -0.443 e. The molecule has 3 rings (SSSR count). The van der Waals surface area contributed by atoms with Crippen molar-refractivity contribution in [3.05, 3.63) is 75.2 Å². The van der Waals surface area contributed by atoms with Crippen LogP contribution in [-0.2, 0) is 6.54 Å². The molecular formula is C19H15Cl2N3O2. The number of rotatable bonds is 4. The number of benzene rings is 1. The SMILES string of the molecule is Cc1oc(-n2cccc2)c(C#N)c1C(=O)N(C)Cc1cccc(Cl)c1Cl. The first kappa shape index (κ1) is 18.1. The molecule has 2 aromatic heterocycles. The van der Waals surface area contributed by atoms with Crippen molar-refractivity contribution in [1.29, 1.82) is 5.26 Å². The van der Waals surface area contributed by atoms with Crippen molar-refractivity contribution in [2.24, 2.45) is 0 Å². The van der Waals surface area contributed by atoms with E-state index in [0.29, 0.717) is 21.7 Å². The Morgan fingerprint density at radius 1 is 1.27 bits per heavy atom. The predicted octanol–water partition coefficient (Wildman–Crippen LogP) is 4.83. The summed E-state index contributed by atoms with van der Waals surface area (Å²) in [4.78, 5) is 14.4. The molecule has 5 nitrogen and oxygen atoms in total. The average Bonchev–Trinajstić information content (AvgIpc) is 3.25. The Kier molecular flexibility index (Phi) is 5.08. The summed E-state index contributed by atoms with van der Waals surface area (Å²) >= 11 is 12.2. The standard InChI is InChI=1S/C19H15Cl2N3O2/c1-12-16(14(10-22)19(26-12)24-8-3-4-9-24)18(25)23(2)11-13-6-5-7-15(20)17(13)21/h3-9H,11H2,1-2H3. The molecule has 0 aliphatic heterocycles. The lowest BCUT2D eigenvalue weighted by molar-refractivity contribution is 0.0783. The van der Waals surface area contributed by atoms with Gasteiger partial charge in [-0.25, -0.2) is 0 Å². The average molecular weight is 388 g/mol. The number of hydrogen-bond donors (Lipinski definition) is 0. The molecule has 0 N–H and O–H groups in total. The number of amides is 1. The van der Waals surface area contributed by atoms with E-state index < -0.39 is 0 Å². The second-order valence-corrected chi connectivity index (χ2v) is 6.57. The van der Waals surface area contributed by atoms with E-state index in [0.717, 1.165) is 5.56 Å². The number of nitrogens with zero attached hydrogens (tertiary/aromatic N) is 3. The van der Waals surface area contributed by atoms with Crippen LogP contribution in [0.2, 0.25) is 10.0 Å². The fourth-order valence-corrected chi connectivity index (χ4v) is 3.11. The monoisotopic (exact) mass is 387 g/mol. The van der Waals surface area contributed by atoms with Gasteiger partial charge in [-0.3, -0.25) is 9.36 Å². The van der Waals surface area contributed by atoms with Gasteiger partial charge in [-0.15, -0.1) is 0 Å². The molecule has 2 heterocycles. The highest BCUT2D eigenvalue weighted by atomic mass is 35.5. The Hall–Kier alpha value is -2.68. The second kappa shape index (κ2) is 7.28. The van der Waals surface area contributed by atoms with Crippen LogP contribution in [0.25, 0.3) is 5.88 Å². The second-order valence-electron chi connectivity index (χ2n) is 5.79. The van der Waals surface area contributed by atoms with Gasteiger partial charge in [0.05, 0.1) is 10.0 Å². The summed E-state index contributed by atoms with van der Waals surface area (Å²) in [6.45, 7) is 1.92. The first-order valence-electron chi connectivity index (χ1n) is 7.79. The number of aryl methyl sites for hydroxylation is 1. The number of nitriles is 1.